The Kier molecular flexibility index (Phi) is 6.37. The number of hydrogen-bond acceptors (Lipinski definition) is 6. The van der Waals surface area contributed by atoms with Crippen molar-refractivity contribution in [2.45, 2.75) is 11.3 Å². The van der Waals surface area contributed by atoms with Crippen molar-refractivity contribution >= 4 is 40.2 Å². The lowest BCUT2D eigenvalue weighted by molar-refractivity contribution is -0.111. The van der Waals surface area contributed by atoms with Gasteiger partial charge in [-0.1, -0.05) is 40.8 Å². The second-order valence-electron chi connectivity index (χ2n) is 4.54. The van der Waals surface area contributed by atoms with E-state index in [9.17, 15) is 4.79 Å². The van der Waals surface area contributed by atoms with Crippen LogP contribution in [0.15, 0.2) is 41.3 Å². The highest BCUT2D eigenvalue weighted by atomic mass is 32.2. The molecule has 2 aromatic rings. The maximum absolute atomic E-state index is 12.0. The Morgan fingerprint density at radius 3 is 3.04 bits per heavy atom. The first-order chi connectivity index (χ1) is 11.1. The standard InChI is InChI=1S/C16H17N3O2S2/c1-4-9-22-16-19-18-15(23-16)17-14(20)8-6-12-10-11(2)5-7-13(12)21-3/h4-8,10H,1,9H2,2-3H3,(H,17,18,20)/b8-6+. The summed E-state index contributed by atoms with van der Waals surface area (Å²) in [5, 5.41) is 11.1. The van der Waals surface area contributed by atoms with Crippen LogP contribution in [0.1, 0.15) is 11.1 Å². The summed E-state index contributed by atoms with van der Waals surface area (Å²) in [7, 11) is 1.60. The van der Waals surface area contributed by atoms with Gasteiger partial charge in [0.2, 0.25) is 11.0 Å². The molecule has 0 saturated carbocycles. The van der Waals surface area contributed by atoms with Gasteiger partial charge in [-0.25, -0.2) is 0 Å². The number of thioether (sulfide) groups is 1. The number of anilines is 1. The van der Waals surface area contributed by atoms with Crippen LogP contribution in [0.5, 0.6) is 5.75 Å². The van der Waals surface area contributed by atoms with E-state index >= 15 is 0 Å². The van der Waals surface area contributed by atoms with Gasteiger partial charge in [-0.3, -0.25) is 10.1 Å². The number of benzene rings is 1. The molecule has 1 N–H and O–H groups in total. The van der Waals surface area contributed by atoms with Crippen molar-refractivity contribution in [3.63, 3.8) is 0 Å². The molecule has 23 heavy (non-hydrogen) atoms. The minimum Gasteiger partial charge on any atom is -0.496 e. The highest BCUT2D eigenvalue weighted by Gasteiger charge is 2.06. The van der Waals surface area contributed by atoms with E-state index in [2.05, 4.69) is 22.1 Å². The Bertz CT molecular complexity index is 726. The summed E-state index contributed by atoms with van der Waals surface area (Å²) in [6.07, 6.45) is 4.97. The van der Waals surface area contributed by atoms with Crippen LogP contribution in [-0.2, 0) is 4.79 Å². The van der Waals surface area contributed by atoms with E-state index in [4.69, 9.17) is 4.74 Å². The zero-order valence-corrected chi connectivity index (χ0v) is 14.5. The second kappa shape index (κ2) is 8.50. The quantitative estimate of drug-likeness (QED) is 0.357. The molecule has 0 spiro atoms. The maximum Gasteiger partial charge on any atom is 0.250 e. The average molecular weight is 347 g/mol. The van der Waals surface area contributed by atoms with Crippen LogP contribution in [-0.4, -0.2) is 29.0 Å². The molecular formula is C16H17N3O2S2. The Labute approximate surface area is 143 Å². The topological polar surface area (TPSA) is 64.1 Å². The summed E-state index contributed by atoms with van der Waals surface area (Å²) in [6.45, 7) is 5.64. The maximum atomic E-state index is 12.0. The number of rotatable bonds is 7. The summed E-state index contributed by atoms with van der Waals surface area (Å²) >= 11 is 2.86. The average Bonchev–Trinajstić information content (AvgIpc) is 2.98. The number of carbonyl (C=O) groups excluding carboxylic acids is 1. The monoisotopic (exact) mass is 347 g/mol. The lowest BCUT2D eigenvalue weighted by Crippen LogP contribution is -2.07. The molecule has 0 atom stereocenters. The van der Waals surface area contributed by atoms with Gasteiger partial charge in [0, 0.05) is 17.4 Å². The van der Waals surface area contributed by atoms with Crippen molar-refractivity contribution in [2.75, 3.05) is 18.2 Å². The van der Waals surface area contributed by atoms with Gasteiger partial charge >= 0.3 is 0 Å². The highest BCUT2D eigenvalue weighted by Crippen LogP contribution is 2.25. The van der Waals surface area contributed by atoms with Crippen molar-refractivity contribution in [2.24, 2.45) is 0 Å². The fraction of sp³-hybridized carbons (Fsp3) is 0.188. The molecule has 1 aromatic heterocycles. The minimum atomic E-state index is -0.259. The van der Waals surface area contributed by atoms with E-state index in [1.165, 1.54) is 29.2 Å². The molecule has 1 heterocycles. The molecule has 1 amide bonds. The number of methoxy groups -OCH3 is 1. The van der Waals surface area contributed by atoms with Crippen molar-refractivity contribution in [3.05, 3.63) is 48.1 Å². The lowest BCUT2D eigenvalue weighted by atomic mass is 10.1. The largest absolute Gasteiger partial charge is 0.496 e. The Balaban J connectivity index is 2.00. The van der Waals surface area contributed by atoms with Crippen molar-refractivity contribution in [3.8, 4) is 5.75 Å². The van der Waals surface area contributed by atoms with Gasteiger partial charge in [-0.05, 0) is 25.1 Å². The van der Waals surface area contributed by atoms with Crippen LogP contribution < -0.4 is 10.1 Å². The van der Waals surface area contributed by atoms with E-state index < -0.39 is 0 Å². The molecule has 0 bridgehead atoms. The van der Waals surface area contributed by atoms with Gasteiger partial charge in [0.05, 0.1) is 7.11 Å². The minimum absolute atomic E-state index is 0.259. The lowest BCUT2D eigenvalue weighted by Gasteiger charge is -2.05. The Morgan fingerprint density at radius 2 is 2.30 bits per heavy atom. The Hall–Kier alpha value is -2.12. The van der Waals surface area contributed by atoms with Crippen molar-refractivity contribution in [1.29, 1.82) is 0 Å². The zero-order chi connectivity index (χ0) is 16.7. The van der Waals surface area contributed by atoms with Gasteiger partial charge in [0.25, 0.3) is 0 Å². The first-order valence-corrected chi connectivity index (χ1v) is 8.63. The van der Waals surface area contributed by atoms with E-state index in [-0.39, 0.29) is 5.91 Å². The summed E-state index contributed by atoms with van der Waals surface area (Å²) in [5.74, 6) is 1.22. The summed E-state index contributed by atoms with van der Waals surface area (Å²) in [5.41, 5.74) is 1.95. The number of carbonyl (C=O) groups is 1. The SMILES string of the molecule is C=CCSc1nnc(NC(=O)/C=C/c2cc(C)ccc2OC)s1. The van der Waals surface area contributed by atoms with Gasteiger partial charge in [0.1, 0.15) is 5.75 Å². The molecule has 120 valence electrons. The molecule has 0 radical (unpaired) electrons. The third-order valence-electron chi connectivity index (χ3n) is 2.76. The highest BCUT2D eigenvalue weighted by molar-refractivity contribution is 8.01. The Morgan fingerprint density at radius 1 is 1.48 bits per heavy atom. The van der Waals surface area contributed by atoms with Crippen LogP contribution in [0.25, 0.3) is 6.08 Å². The first-order valence-electron chi connectivity index (χ1n) is 6.83. The van der Waals surface area contributed by atoms with Crippen LogP contribution >= 0.6 is 23.1 Å². The van der Waals surface area contributed by atoms with Crippen LogP contribution in [0, 0.1) is 6.92 Å². The number of aryl methyl sites for hydroxylation is 1. The number of ether oxygens (including phenoxy) is 1. The van der Waals surface area contributed by atoms with E-state index in [1.54, 1.807) is 19.3 Å². The smallest absolute Gasteiger partial charge is 0.250 e. The normalized spacial score (nSPS) is 10.7. The molecule has 1 aromatic carbocycles. The van der Waals surface area contributed by atoms with E-state index in [0.717, 1.165) is 27.0 Å². The predicted molar refractivity (Wildman–Crippen MR) is 96.2 cm³/mol. The molecule has 5 nitrogen and oxygen atoms in total. The van der Waals surface area contributed by atoms with Crippen LogP contribution in [0.4, 0.5) is 5.13 Å². The number of aromatic nitrogens is 2. The third kappa shape index (κ3) is 5.22. The van der Waals surface area contributed by atoms with E-state index in [0.29, 0.717) is 5.13 Å². The number of hydrogen-bond donors (Lipinski definition) is 1. The second-order valence-corrected chi connectivity index (χ2v) is 6.79. The van der Waals surface area contributed by atoms with Crippen LogP contribution in [0.2, 0.25) is 0 Å². The van der Waals surface area contributed by atoms with Crippen LogP contribution in [0.3, 0.4) is 0 Å². The van der Waals surface area contributed by atoms with Crippen molar-refractivity contribution in [1.82, 2.24) is 10.2 Å². The number of nitrogens with zero attached hydrogens (tertiary/aromatic N) is 2. The fourth-order valence-electron chi connectivity index (χ4n) is 1.75. The van der Waals surface area contributed by atoms with Gasteiger partial charge < -0.3 is 4.74 Å². The van der Waals surface area contributed by atoms with Gasteiger partial charge in [-0.15, -0.1) is 16.8 Å². The molecular weight excluding hydrogens is 330 g/mol. The molecule has 2 rings (SSSR count). The van der Waals surface area contributed by atoms with Gasteiger partial charge in [-0.2, -0.15) is 0 Å². The molecule has 0 aliphatic rings. The first kappa shape index (κ1) is 17.2. The molecule has 7 heteroatoms. The molecule has 0 aliphatic heterocycles. The van der Waals surface area contributed by atoms with E-state index in [1.807, 2.05) is 25.1 Å². The molecule has 0 saturated heterocycles. The third-order valence-corrected chi connectivity index (χ3v) is 4.73. The molecule has 0 unspecified atom stereocenters. The summed E-state index contributed by atoms with van der Waals surface area (Å²) in [4.78, 5) is 12.0. The fourth-order valence-corrected chi connectivity index (χ4v) is 3.26. The number of amides is 1. The molecule has 0 fully saturated rings. The van der Waals surface area contributed by atoms with Crippen molar-refractivity contribution < 1.29 is 9.53 Å². The zero-order valence-electron chi connectivity index (χ0n) is 12.9. The summed E-state index contributed by atoms with van der Waals surface area (Å²) < 4.78 is 6.07. The predicted octanol–water partition coefficient (Wildman–Crippen LogP) is 3.79. The van der Waals surface area contributed by atoms with Gasteiger partial charge in [0.15, 0.2) is 4.34 Å². The summed E-state index contributed by atoms with van der Waals surface area (Å²) in [6, 6.07) is 5.79. The number of nitrogens with one attached hydrogen (secondary N) is 1. The molecule has 0 aliphatic carbocycles.